The van der Waals surface area contributed by atoms with E-state index in [1.807, 2.05) is 18.2 Å². The summed E-state index contributed by atoms with van der Waals surface area (Å²) >= 11 is 0. The number of fused-ring (bicyclic) bond motifs is 1. The molecule has 134 valence electrons. The van der Waals surface area contributed by atoms with Crippen LogP contribution < -0.4 is 19.5 Å². The number of rotatable bonds is 4. The molecule has 1 saturated heterocycles. The van der Waals surface area contributed by atoms with Gasteiger partial charge in [0.2, 0.25) is 6.79 Å². The SMILES string of the molecule is Cl.Fc1ccc(C2CCNCC2)cc1COc1ccc2c(c1)OCO2. The Morgan fingerprint density at radius 3 is 2.68 bits per heavy atom. The van der Waals surface area contributed by atoms with E-state index < -0.39 is 0 Å². The van der Waals surface area contributed by atoms with Crippen LogP contribution in [0, 0.1) is 5.82 Å². The first-order chi connectivity index (χ1) is 11.8. The second kappa shape index (κ2) is 7.93. The summed E-state index contributed by atoms with van der Waals surface area (Å²) in [5.74, 6) is 2.29. The summed E-state index contributed by atoms with van der Waals surface area (Å²) < 4.78 is 30.5. The van der Waals surface area contributed by atoms with Gasteiger partial charge in [0.05, 0.1) is 0 Å². The molecule has 0 bridgehead atoms. The number of nitrogens with one attached hydrogen (secondary N) is 1. The molecule has 1 fully saturated rings. The zero-order valence-electron chi connectivity index (χ0n) is 13.8. The third kappa shape index (κ3) is 3.99. The van der Waals surface area contributed by atoms with Crippen LogP contribution >= 0.6 is 12.4 Å². The number of hydrogen-bond donors (Lipinski definition) is 1. The molecule has 4 nitrogen and oxygen atoms in total. The molecule has 0 atom stereocenters. The maximum absolute atomic E-state index is 14.1. The lowest BCUT2D eigenvalue weighted by atomic mass is 9.89. The van der Waals surface area contributed by atoms with Crippen LogP contribution in [0.25, 0.3) is 0 Å². The molecular weight excluding hydrogens is 345 g/mol. The van der Waals surface area contributed by atoms with E-state index in [0.717, 1.165) is 25.9 Å². The predicted octanol–water partition coefficient (Wildman–Crippen LogP) is 4.02. The maximum Gasteiger partial charge on any atom is 0.231 e. The van der Waals surface area contributed by atoms with Crippen molar-refractivity contribution in [3.05, 3.63) is 53.3 Å². The molecule has 4 rings (SSSR count). The van der Waals surface area contributed by atoms with Crippen LogP contribution in [0.2, 0.25) is 0 Å². The van der Waals surface area contributed by atoms with Crippen molar-refractivity contribution >= 4 is 12.4 Å². The minimum atomic E-state index is -0.228. The van der Waals surface area contributed by atoms with Crippen molar-refractivity contribution in [3.8, 4) is 17.2 Å². The molecule has 0 spiro atoms. The average Bonchev–Trinajstić information content (AvgIpc) is 3.09. The third-order valence-electron chi connectivity index (χ3n) is 4.62. The quantitative estimate of drug-likeness (QED) is 0.888. The molecule has 0 amide bonds. The van der Waals surface area contributed by atoms with E-state index >= 15 is 0 Å². The lowest BCUT2D eigenvalue weighted by Gasteiger charge is -2.23. The number of halogens is 2. The highest BCUT2D eigenvalue weighted by Crippen LogP contribution is 2.35. The van der Waals surface area contributed by atoms with E-state index in [2.05, 4.69) is 5.32 Å². The van der Waals surface area contributed by atoms with Gasteiger partial charge in [0, 0.05) is 11.6 Å². The van der Waals surface area contributed by atoms with Crippen LogP contribution in [0.4, 0.5) is 4.39 Å². The molecule has 0 radical (unpaired) electrons. The zero-order valence-corrected chi connectivity index (χ0v) is 14.6. The molecule has 2 aliphatic rings. The fraction of sp³-hybridized carbons (Fsp3) is 0.368. The smallest absolute Gasteiger partial charge is 0.231 e. The summed E-state index contributed by atoms with van der Waals surface area (Å²) in [4.78, 5) is 0. The Kier molecular flexibility index (Phi) is 5.66. The Morgan fingerprint density at radius 1 is 1.04 bits per heavy atom. The Labute approximate surface area is 152 Å². The van der Waals surface area contributed by atoms with Gasteiger partial charge >= 0.3 is 0 Å². The first-order valence-corrected chi connectivity index (χ1v) is 8.31. The lowest BCUT2D eigenvalue weighted by Crippen LogP contribution is -2.26. The summed E-state index contributed by atoms with van der Waals surface area (Å²) in [6, 6.07) is 10.8. The molecule has 0 saturated carbocycles. The Bertz CT molecular complexity index is 735. The van der Waals surface area contributed by atoms with Gasteiger partial charge in [-0.3, -0.25) is 0 Å². The summed E-state index contributed by atoms with van der Waals surface area (Å²) in [6.45, 7) is 2.46. The molecule has 2 aromatic rings. The van der Waals surface area contributed by atoms with Gasteiger partial charge in [-0.1, -0.05) is 6.07 Å². The molecule has 0 aromatic heterocycles. The minimum absolute atomic E-state index is 0. The fourth-order valence-electron chi connectivity index (χ4n) is 3.24. The molecule has 6 heteroatoms. The summed E-state index contributed by atoms with van der Waals surface area (Å²) in [7, 11) is 0. The van der Waals surface area contributed by atoms with E-state index in [9.17, 15) is 4.39 Å². The largest absolute Gasteiger partial charge is 0.489 e. The number of hydrogen-bond acceptors (Lipinski definition) is 4. The van der Waals surface area contributed by atoms with Crippen molar-refractivity contribution in [2.45, 2.75) is 25.4 Å². The number of benzene rings is 2. The highest BCUT2D eigenvalue weighted by molar-refractivity contribution is 5.85. The first kappa shape index (κ1) is 17.8. The molecule has 2 aromatic carbocycles. The van der Waals surface area contributed by atoms with Crippen molar-refractivity contribution < 1.29 is 18.6 Å². The van der Waals surface area contributed by atoms with Gasteiger partial charge in [-0.15, -0.1) is 12.4 Å². The van der Waals surface area contributed by atoms with E-state index in [-0.39, 0.29) is 31.6 Å². The summed E-state index contributed by atoms with van der Waals surface area (Å²) in [6.07, 6.45) is 2.18. The highest BCUT2D eigenvalue weighted by Gasteiger charge is 2.17. The maximum atomic E-state index is 14.1. The molecule has 2 aliphatic heterocycles. The molecule has 25 heavy (non-hydrogen) atoms. The zero-order chi connectivity index (χ0) is 16.4. The number of piperidine rings is 1. The standard InChI is InChI=1S/C19H20FNO3.ClH/c20-17-3-1-14(13-5-7-21-8-6-13)9-15(17)11-22-16-2-4-18-19(10-16)24-12-23-18;/h1-4,9-10,13,21H,5-8,11-12H2;1H. The van der Waals surface area contributed by atoms with E-state index in [4.69, 9.17) is 14.2 Å². The molecule has 0 unspecified atom stereocenters. The van der Waals surface area contributed by atoms with Gasteiger partial charge in [-0.2, -0.15) is 0 Å². The monoisotopic (exact) mass is 365 g/mol. The summed E-state index contributed by atoms with van der Waals surface area (Å²) in [5.41, 5.74) is 1.78. The van der Waals surface area contributed by atoms with E-state index in [1.54, 1.807) is 18.2 Å². The van der Waals surface area contributed by atoms with Crippen LogP contribution in [-0.2, 0) is 6.61 Å². The van der Waals surface area contributed by atoms with Gasteiger partial charge in [0.1, 0.15) is 18.2 Å². The molecular formula is C19H21ClFNO3. The lowest BCUT2D eigenvalue weighted by molar-refractivity contribution is 0.173. The van der Waals surface area contributed by atoms with Crippen LogP contribution in [-0.4, -0.2) is 19.9 Å². The van der Waals surface area contributed by atoms with Crippen molar-refractivity contribution in [2.75, 3.05) is 19.9 Å². The number of ether oxygens (including phenoxy) is 3. The topological polar surface area (TPSA) is 39.7 Å². The van der Waals surface area contributed by atoms with Gasteiger partial charge in [-0.05, 0) is 61.7 Å². The minimum Gasteiger partial charge on any atom is -0.489 e. The van der Waals surface area contributed by atoms with Crippen LogP contribution in [0.15, 0.2) is 36.4 Å². The van der Waals surface area contributed by atoms with Crippen molar-refractivity contribution in [3.63, 3.8) is 0 Å². The predicted molar refractivity (Wildman–Crippen MR) is 95.4 cm³/mol. The highest BCUT2D eigenvalue weighted by atomic mass is 35.5. The average molecular weight is 366 g/mol. The first-order valence-electron chi connectivity index (χ1n) is 8.31. The van der Waals surface area contributed by atoms with E-state index in [0.29, 0.717) is 28.7 Å². The molecule has 1 N–H and O–H groups in total. The van der Waals surface area contributed by atoms with Crippen molar-refractivity contribution in [2.24, 2.45) is 0 Å². The Balaban J connectivity index is 0.00000182. The molecule has 2 heterocycles. The fourth-order valence-corrected chi connectivity index (χ4v) is 3.24. The third-order valence-corrected chi connectivity index (χ3v) is 4.62. The van der Waals surface area contributed by atoms with Crippen molar-refractivity contribution in [1.82, 2.24) is 5.32 Å². The van der Waals surface area contributed by atoms with E-state index in [1.165, 1.54) is 5.56 Å². The molecule has 0 aliphatic carbocycles. The van der Waals surface area contributed by atoms with Crippen LogP contribution in [0.3, 0.4) is 0 Å². The summed E-state index contributed by atoms with van der Waals surface area (Å²) in [5, 5.41) is 3.36. The Hall–Kier alpha value is -1.98. The van der Waals surface area contributed by atoms with Gasteiger partial charge in [0.25, 0.3) is 0 Å². The van der Waals surface area contributed by atoms with Gasteiger partial charge in [0.15, 0.2) is 11.5 Å². The van der Waals surface area contributed by atoms with Crippen LogP contribution in [0.1, 0.15) is 29.9 Å². The Morgan fingerprint density at radius 2 is 1.84 bits per heavy atom. The van der Waals surface area contributed by atoms with Crippen LogP contribution in [0.5, 0.6) is 17.2 Å². The normalized spacial score (nSPS) is 16.4. The van der Waals surface area contributed by atoms with Crippen molar-refractivity contribution in [1.29, 1.82) is 0 Å². The van der Waals surface area contributed by atoms with Gasteiger partial charge in [-0.25, -0.2) is 4.39 Å². The second-order valence-corrected chi connectivity index (χ2v) is 6.18. The second-order valence-electron chi connectivity index (χ2n) is 6.18. The van der Waals surface area contributed by atoms with Gasteiger partial charge < -0.3 is 19.5 Å².